The van der Waals surface area contributed by atoms with E-state index in [4.69, 9.17) is 4.42 Å². The van der Waals surface area contributed by atoms with Crippen LogP contribution >= 0.6 is 0 Å². The van der Waals surface area contributed by atoms with E-state index in [2.05, 4.69) is 197 Å². The molecule has 0 saturated carbocycles. The van der Waals surface area contributed by atoms with Gasteiger partial charge < -0.3 is 13.6 Å². The number of furan rings is 1. The Morgan fingerprint density at radius 1 is 0.339 bits per heavy atom. The fourth-order valence-corrected chi connectivity index (χ4v) is 14.9. The molecular weight excluding hydrogens is 773 g/mol. The molecule has 12 aromatic rings. The summed E-state index contributed by atoms with van der Waals surface area (Å²) in [5.74, 6) is 0. The second kappa shape index (κ2) is 13.8. The number of hydrogen-bond acceptors (Lipinski definition) is 3. The van der Waals surface area contributed by atoms with Crippen LogP contribution in [0.4, 0.5) is 0 Å². The highest BCUT2D eigenvalue weighted by molar-refractivity contribution is 7.20. The molecule has 62 heavy (non-hydrogen) atoms. The number of aromatic nitrogens is 2. The number of nitrogens with zero attached hydrogens (tertiary/aromatic N) is 4. The number of fused-ring (bicyclic) bond motifs is 9. The van der Waals surface area contributed by atoms with Gasteiger partial charge in [0.15, 0.2) is 8.07 Å². The van der Waals surface area contributed by atoms with Crippen LogP contribution in [-0.2, 0) is 0 Å². The van der Waals surface area contributed by atoms with Crippen LogP contribution in [0, 0.1) is 22.7 Å². The molecule has 0 radical (unpaired) electrons. The lowest BCUT2D eigenvalue weighted by molar-refractivity contribution is 0.669. The predicted octanol–water partition coefficient (Wildman–Crippen LogP) is 10.9. The molecule has 0 amide bonds. The first-order valence-corrected chi connectivity index (χ1v) is 22.7. The maximum absolute atomic E-state index is 11.0. The Labute approximate surface area is 357 Å². The molecule has 0 N–H and O–H groups in total. The van der Waals surface area contributed by atoms with Crippen molar-refractivity contribution in [1.82, 2.24) is 9.13 Å². The summed E-state index contributed by atoms with van der Waals surface area (Å²) in [5, 5.41) is 32.8. The fraction of sp³-hybridized carbons (Fsp3) is 0. The van der Waals surface area contributed by atoms with Gasteiger partial charge in [0.05, 0.1) is 45.3 Å². The van der Waals surface area contributed by atoms with Crippen LogP contribution in [0.5, 0.6) is 0 Å². The van der Waals surface area contributed by atoms with Crippen molar-refractivity contribution < 1.29 is 4.42 Å². The zero-order chi connectivity index (χ0) is 41.4. The molecule has 0 bridgehead atoms. The minimum atomic E-state index is -3.37. The van der Waals surface area contributed by atoms with Gasteiger partial charge in [0.25, 0.3) is 0 Å². The summed E-state index contributed by atoms with van der Waals surface area (Å²) in [6.45, 7) is 0. The minimum Gasteiger partial charge on any atom is -0.456 e. The molecule has 3 aromatic heterocycles. The van der Waals surface area contributed by atoms with Crippen molar-refractivity contribution >= 4 is 94.4 Å². The molecule has 288 valence electrons. The molecule has 0 aliphatic carbocycles. The summed E-state index contributed by atoms with van der Waals surface area (Å²) in [5.41, 5.74) is 8.73. The van der Waals surface area contributed by atoms with Gasteiger partial charge in [-0.25, -0.2) is 0 Å². The quantitative estimate of drug-likeness (QED) is 0.124. The van der Waals surface area contributed by atoms with Crippen LogP contribution in [0.2, 0.25) is 0 Å². The van der Waals surface area contributed by atoms with Crippen molar-refractivity contribution in [2.45, 2.75) is 0 Å². The maximum Gasteiger partial charge on any atom is 0.179 e. The highest BCUT2D eigenvalue weighted by Crippen LogP contribution is 2.39. The molecule has 0 unspecified atom stereocenters. The Balaban J connectivity index is 1.20. The standard InChI is InChI=1S/C56H34N4OSi/c57-35-37-27-39(59-51-23-11-7-19-45(51)46-20-8-12-24-52(46)59)31-43(29-37)62(41-15-3-1-4-16-41,42-17-5-2-6-18-42)44-30-38(36-58)28-40(32-44)60-53-25-13-9-21-47(53)49-33-50-48-22-10-14-26-55(48)61-56(50)34-54(49)60/h1-34H. The molecule has 5 nitrogen and oxygen atoms in total. The van der Waals surface area contributed by atoms with E-state index in [1.807, 2.05) is 30.3 Å². The van der Waals surface area contributed by atoms with Crippen LogP contribution < -0.4 is 20.7 Å². The van der Waals surface area contributed by atoms with E-state index in [1.54, 1.807) is 0 Å². The minimum absolute atomic E-state index is 0.552. The van der Waals surface area contributed by atoms with Crippen molar-refractivity contribution in [2.75, 3.05) is 0 Å². The van der Waals surface area contributed by atoms with Gasteiger partial charge in [-0.05, 0) is 87.5 Å². The van der Waals surface area contributed by atoms with Crippen LogP contribution in [0.15, 0.2) is 211 Å². The smallest absolute Gasteiger partial charge is 0.179 e. The summed E-state index contributed by atoms with van der Waals surface area (Å²) in [4.78, 5) is 0. The molecular formula is C56H34N4OSi. The lowest BCUT2D eigenvalue weighted by atomic mass is 10.1. The molecule has 3 heterocycles. The zero-order valence-corrected chi connectivity index (χ0v) is 34.3. The maximum atomic E-state index is 11.0. The molecule has 0 aliphatic heterocycles. The summed E-state index contributed by atoms with van der Waals surface area (Å²) < 4.78 is 11.0. The van der Waals surface area contributed by atoms with Gasteiger partial charge in [-0.1, -0.05) is 133 Å². The number of hydrogen-bond donors (Lipinski definition) is 0. The van der Waals surface area contributed by atoms with Crippen molar-refractivity contribution in [2.24, 2.45) is 0 Å². The zero-order valence-electron chi connectivity index (χ0n) is 33.3. The van der Waals surface area contributed by atoms with E-state index >= 15 is 0 Å². The normalized spacial score (nSPS) is 11.8. The topological polar surface area (TPSA) is 70.6 Å². The molecule has 0 atom stereocenters. The third kappa shape index (κ3) is 5.18. The van der Waals surface area contributed by atoms with E-state index in [0.29, 0.717) is 11.1 Å². The van der Waals surface area contributed by atoms with E-state index in [1.165, 1.54) is 0 Å². The Morgan fingerprint density at radius 2 is 0.774 bits per heavy atom. The number of nitriles is 2. The van der Waals surface area contributed by atoms with Gasteiger partial charge in [0, 0.05) is 49.8 Å². The van der Waals surface area contributed by atoms with E-state index < -0.39 is 8.07 Å². The van der Waals surface area contributed by atoms with Crippen molar-refractivity contribution in [1.29, 1.82) is 10.5 Å². The van der Waals surface area contributed by atoms with E-state index in [0.717, 1.165) is 97.7 Å². The van der Waals surface area contributed by atoms with Gasteiger partial charge in [-0.2, -0.15) is 10.5 Å². The number of para-hydroxylation sites is 4. The van der Waals surface area contributed by atoms with Gasteiger partial charge >= 0.3 is 0 Å². The van der Waals surface area contributed by atoms with Crippen molar-refractivity contribution in [3.05, 3.63) is 217 Å². The van der Waals surface area contributed by atoms with Gasteiger partial charge in [-0.15, -0.1) is 0 Å². The molecule has 0 spiro atoms. The summed E-state index contributed by atoms with van der Waals surface area (Å²) in [7, 11) is -3.37. The Kier molecular flexibility index (Phi) is 7.92. The average Bonchev–Trinajstić information content (AvgIpc) is 3.99. The Hall–Kier alpha value is -8.42. The van der Waals surface area contributed by atoms with Crippen LogP contribution in [0.3, 0.4) is 0 Å². The van der Waals surface area contributed by atoms with E-state index in [9.17, 15) is 10.5 Å². The van der Waals surface area contributed by atoms with Crippen molar-refractivity contribution in [3.8, 4) is 23.5 Å². The molecule has 12 rings (SSSR count). The Morgan fingerprint density at radius 3 is 1.29 bits per heavy atom. The van der Waals surface area contributed by atoms with Crippen LogP contribution in [0.1, 0.15) is 11.1 Å². The van der Waals surface area contributed by atoms with E-state index in [-0.39, 0.29) is 0 Å². The van der Waals surface area contributed by atoms with Gasteiger partial charge in [-0.3, -0.25) is 0 Å². The van der Waals surface area contributed by atoms with Gasteiger partial charge in [0.1, 0.15) is 11.2 Å². The monoisotopic (exact) mass is 806 g/mol. The second-order valence-electron chi connectivity index (χ2n) is 15.9. The molecule has 0 aliphatic rings. The highest BCUT2D eigenvalue weighted by Gasteiger charge is 2.43. The fourth-order valence-electron chi connectivity index (χ4n) is 10.1. The lowest BCUT2D eigenvalue weighted by Crippen LogP contribution is -2.75. The largest absolute Gasteiger partial charge is 0.456 e. The Bertz CT molecular complexity index is 3750. The third-order valence-electron chi connectivity index (χ3n) is 12.6. The summed E-state index contributed by atoms with van der Waals surface area (Å²) in [6, 6.07) is 77.3. The second-order valence-corrected chi connectivity index (χ2v) is 19.7. The van der Waals surface area contributed by atoms with Crippen molar-refractivity contribution in [3.63, 3.8) is 0 Å². The van der Waals surface area contributed by atoms with Gasteiger partial charge in [0.2, 0.25) is 0 Å². The lowest BCUT2D eigenvalue weighted by Gasteiger charge is -2.35. The molecule has 0 fully saturated rings. The third-order valence-corrected chi connectivity index (χ3v) is 17.3. The predicted molar refractivity (Wildman–Crippen MR) is 255 cm³/mol. The van der Waals surface area contributed by atoms with Crippen LogP contribution in [-0.4, -0.2) is 17.2 Å². The summed E-state index contributed by atoms with van der Waals surface area (Å²) >= 11 is 0. The molecule has 6 heteroatoms. The first kappa shape index (κ1) is 35.5. The average molecular weight is 807 g/mol. The molecule has 0 saturated heterocycles. The number of benzene rings is 9. The first-order valence-electron chi connectivity index (χ1n) is 20.7. The SMILES string of the molecule is N#Cc1cc(-n2c3ccccc3c3ccccc32)cc([Si](c2ccccc2)(c2ccccc2)c2cc(C#N)cc(-n3c4ccccc4c4cc5c(cc43)oc3ccccc35)c2)c1. The highest BCUT2D eigenvalue weighted by atomic mass is 28.3. The van der Waals surface area contributed by atoms with Crippen LogP contribution in [0.25, 0.3) is 76.9 Å². The molecule has 9 aromatic carbocycles. The first-order chi connectivity index (χ1) is 30.6. The summed E-state index contributed by atoms with van der Waals surface area (Å²) in [6.07, 6.45) is 0. The number of rotatable bonds is 6.